The van der Waals surface area contributed by atoms with Gasteiger partial charge in [0.25, 0.3) is 11.5 Å². The molecule has 1 aliphatic rings. The number of carbonyl (C=O) groups is 2. The van der Waals surface area contributed by atoms with Crippen LogP contribution >= 0.6 is 15.9 Å². The summed E-state index contributed by atoms with van der Waals surface area (Å²) in [6.07, 6.45) is 1.71. The van der Waals surface area contributed by atoms with Crippen LogP contribution in [-0.4, -0.2) is 53.8 Å². The van der Waals surface area contributed by atoms with Crippen LogP contribution < -0.4 is 15.1 Å². The van der Waals surface area contributed by atoms with E-state index in [0.29, 0.717) is 29.3 Å². The Morgan fingerprint density at radius 3 is 2.58 bits per heavy atom. The van der Waals surface area contributed by atoms with Crippen LogP contribution in [0.1, 0.15) is 68.0 Å². The Kier molecular flexibility index (Phi) is 8.86. The van der Waals surface area contributed by atoms with Crippen molar-refractivity contribution in [2.75, 3.05) is 13.3 Å². The van der Waals surface area contributed by atoms with Gasteiger partial charge in [-0.3, -0.25) is 14.2 Å². The number of halogens is 2. The smallest absolute Gasteiger partial charge is 0.410 e. The first-order chi connectivity index (χ1) is 17.6. The minimum Gasteiger partial charge on any atom is -0.444 e. The minimum atomic E-state index is -4.20. The van der Waals surface area contributed by atoms with Gasteiger partial charge in [0.15, 0.2) is 5.69 Å². The molecule has 0 fully saturated rings. The van der Waals surface area contributed by atoms with Gasteiger partial charge in [0.05, 0.1) is 12.3 Å². The van der Waals surface area contributed by atoms with Crippen molar-refractivity contribution in [2.45, 2.75) is 64.8 Å². The second-order valence-corrected chi connectivity index (χ2v) is 12.3. The Morgan fingerprint density at radius 2 is 1.97 bits per heavy atom. The highest BCUT2D eigenvalue weighted by atomic mass is 79.9. The lowest BCUT2D eigenvalue weighted by Crippen LogP contribution is -2.40. The van der Waals surface area contributed by atoms with Crippen LogP contribution in [0.5, 0.6) is 5.75 Å². The zero-order valence-electron chi connectivity index (χ0n) is 21.7. The van der Waals surface area contributed by atoms with Crippen molar-refractivity contribution in [1.82, 2.24) is 19.8 Å². The first-order valence-corrected chi connectivity index (χ1v) is 14.4. The van der Waals surface area contributed by atoms with Crippen molar-refractivity contribution in [3.63, 3.8) is 0 Å². The van der Waals surface area contributed by atoms with Gasteiger partial charge in [-0.2, -0.15) is 8.42 Å². The second-order valence-electron chi connectivity index (χ2n) is 9.91. The molecule has 0 aliphatic carbocycles. The number of aromatic nitrogens is 2. The van der Waals surface area contributed by atoms with Gasteiger partial charge in [0.2, 0.25) is 5.75 Å². The summed E-state index contributed by atoms with van der Waals surface area (Å²) in [5.41, 5.74) is -1.65. The topological polar surface area (TPSA) is 137 Å². The summed E-state index contributed by atoms with van der Waals surface area (Å²) in [7, 11) is -2.69. The molecule has 2 amide bonds. The number of nitrogens with one attached hydrogen (secondary N) is 1. The van der Waals surface area contributed by atoms with Gasteiger partial charge in [-0.25, -0.2) is 14.2 Å². The van der Waals surface area contributed by atoms with Crippen LogP contribution in [0, 0.1) is 5.82 Å². The molecule has 0 saturated heterocycles. The SMILES string of the molecule is CN(C(=O)OC(C)(C)C)C1CCCCn2c1nc(C(=O)NCc1ccc(F)cc1Br)c(OS(C)(=O)=O)c2=O. The monoisotopic (exact) mass is 616 g/mol. The molecule has 2 aromatic rings. The summed E-state index contributed by atoms with van der Waals surface area (Å²) in [5.74, 6) is -2.00. The molecular weight excluding hydrogens is 587 g/mol. The third kappa shape index (κ3) is 7.31. The molecule has 0 radical (unpaired) electrons. The Labute approximate surface area is 228 Å². The first-order valence-electron chi connectivity index (χ1n) is 11.8. The average molecular weight is 617 g/mol. The van der Waals surface area contributed by atoms with Crippen LogP contribution in [0.2, 0.25) is 0 Å². The number of amides is 2. The number of fused-ring (bicyclic) bond motifs is 1. The number of rotatable bonds is 6. The molecule has 0 spiro atoms. The third-order valence-corrected chi connectivity index (χ3v) is 6.83. The Morgan fingerprint density at radius 1 is 1.29 bits per heavy atom. The maximum atomic E-state index is 13.5. The molecule has 0 bridgehead atoms. The summed E-state index contributed by atoms with van der Waals surface area (Å²) in [4.78, 5) is 45.2. The molecule has 1 N–H and O–H groups in total. The fraction of sp³-hybridized carbons (Fsp3) is 0.500. The van der Waals surface area contributed by atoms with Crippen molar-refractivity contribution < 1.29 is 31.3 Å². The molecule has 1 aromatic carbocycles. The van der Waals surface area contributed by atoms with Gasteiger partial charge >= 0.3 is 16.2 Å². The molecular formula is C24H30BrFN4O7S. The van der Waals surface area contributed by atoms with E-state index in [-0.39, 0.29) is 18.9 Å². The van der Waals surface area contributed by atoms with Gasteiger partial charge in [-0.15, -0.1) is 0 Å². The maximum Gasteiger partial charge on any atom is 0.410 e. The Bertz CT molecular complexity index is 1410. The summed E-state index contributed by atoms with van der Waals surface area (Å²) < 4.78 is 49.4. The zero-order valence-corrected chi connectivity index (χ0v) is 24.1. The van der Waals surface area contributed by atoms with E-state index < -0.39 is 56.6 Å². The number of hydrogen-bond acceptors (Lipinski definition) is 8. The lowest BCUT2D eigenvalue weighted by atomic mass is 10.1. The molecule has 3 rings (SSSR count). The van der Waals surface area contributed by atoms with Crippen LogP contribution in [0.4, 0.5) is 9.18 Å². The number of benzene rings is 1. The fourth-order valence-corrected chi connectivity index (χ4v) is 4.84. The molecule has 11 nitrogen and oxygen atoms in total. The molecule has 2 heterocycles. The second kappa shape index (κ2) is 11.4. The van der Waals surface area contributed by atoms with Crippen molar-refractivity contribution in [3.05, 3.63) is 55.9 Å². The lowest BCUT2D eigenvalue weighted by Gasteiger charge is -2.30. The van der Waals surface area contributed by atoms with Crippen molar-refractivity contribution in [1.29, 1.82) is 0 Å². The molecule has 1 aliphatic heterocycles. The van der Waals surface area contributed by atoms with Gasteiger partial charge in [-0.1, -0.05) is 22.0 Å². The van der Waals surface area contributed by atoms with E-state index in [1.54, 1.807) is 20.8 Å². The molecule has 1 unspecified atom stereocenters. The molecule has 0 saturated carbocycles. The maximum absolute atomic E-state index is 13.5. The van der Waals surface area contributed by atoms with Gasteiger partial charge in [0.1, 0.15) is 17.2 Å². The van der Waals surface area contributed by atoms with Crippen molar-refractivity contribution in [2.24, 2.45) is 0 Å². The van der Waals surface area contributed by atoms with E-state index >= 15 is 0 Å². The normalized spacial score (nSPS) is 15.7. The standard InChI is InChI=1S/C24H30BrFN4O7S/c1-24(2,3)36-23(33)29(4)17-8-6-7-11-30-20(17)28-18(19(22(30)32)37-38(5,34)35)21(31)27-13-14-9-10-15(26)12-16(14)25/h9-10,12,17H,6-8,11,13H2,1-5H3,(H,27,31). The van der Waals surface area contributed by atoms with E-state index in [0.717, 1.165) is 6.26 Å². The zero-order chi connectivity index (χ0) is 28.4. The van der Waals surface area contributed by atoms with Crippen LogP contribution in [-0.2, 0) is 27.9 Å². The first kappa shape index (κ1) is 29.6. The van der Waals surface area contributed by atoms with Crippen molar-refractivity contribution in [3.8, 4) is 5.75 Å². The summed E-state index contributed by atoms with van der Waals surface area (Å²) >= 11 is 3.22. The van der Waals surface area contributed by atoms with Gasteiger partial charge in [-0.05, 0) is 57.7 Å². The van der Waals surface area contributed by atoms with Crippen molar-refractivity contribution >= 4 is 38.0 Å². The average Bonchev–Trinajstić information content (AvgIpc) is 3.00. The number of nitrogens with zero attached hydrogens (tertiary/aromatic N) is 3. The van der Waals surface area contributed by atoms with E-state index in [9.17, 15) is 27.2 Å². The molecule has 208 valence electrons. The lowest BCUT2D eigenvalue weighted by molar-refractivity contribution is 0.0202. The summed E-state index contributed by atoms with van der Waals surface area (Å²) in [6, 6.07) is 3.17. The van der Waals surface area contributed by atoms with E-state index in [1.165, 1.54) is 34.7 Å². The predicted octanol–water partition coefficient (Wildman–Crippen LogP) is 3.51. The summed E-state index contributed by atoms with van der Waals surface area (Å²) in [6.45, 7) is 5.27. The number of ether oxygens (including phenoxy) is 1. The van der Waals surface area contributed by atoms with Crippen LogP contribution in [0.15, 0.2) is 27.5 Å². The van der Waals surface area contributed by atoms with E-state index in [4.69, 9.17) is 8.92 Å². The van der Waals surface area contributed by atoms with Crippen LogP contribution in [0.25, 0.3) is 0 Å². The van der Waals surface area contributed by atoms with E-state index in [1.807, 2.05) is 0 Å². The van der Waals surface area contributed by atoms with Gasteiger partial charge < -0.3 is 19.1 Å². The summed E-state index contributed by atoms with van der Waals surface area (Å²) in [5, 5.41) is 2.57. The number of carbonyl (C=O) groups excluding carboxylic acids is 2. The fourth-order valence-electron chi connectivity index (χ4n) is 3.89. The Balaban J connectivity index is 2.08. The highest BCUT2D eigenvalue weighted by molar-refractivity contribution is 9.10. The number of hydrogen-bond donors (Lipinski definition) is 1. The molecule has 14 heteroatoms. The minimum absolute atomic E-state index is 0.0840. The van der Waals surface area contributed by atoms with Crippen LogP contribution in [0.3, 0.4) is 0 Å². The van der Waals surface area contributed by atoms with Gasteiger partial charge in [0, 0.05) is 24.6 Å². The van der Waals surface area contributed by atoms with E-state index in [2.05, 4.69) is 26.2 Å². The molecule has 1 aromatic heterocycles. The predicted molar refractivity (Wildman–Crippen MR) is 140 cm³/mol. The largest absolute Gasteiger partial charge is 0.444 e. The highest BCUT2D eigenvalue weighted by Crippen LogP contribution is 2.30. The molecule has 1 atom stereocenters. The highest BCUT2D eigenvalue weighted by Gasteiger charge is 2.34. The quantitative estimate of drug-likeness (QED) is 0.487. The third-order valence-electron chi connectivity index (χ3n) is 5.62. The Hall–Kier alpha value is -3.00. The molecule has 38 heavy (non-hydrogen) atoms.